The average molecular weight is 393 g/mol. The minimum atomic E-state index is -0.385. The van der Waals surface area contributed by atoms with Crippen molar-refractivity contribution in [1.82, 2.24) is 4.90 Å². The van der Waals surface area contributed by atoms with Crippen molar-refractivity contribution in [2.75, 3.05) is 30.8 Å². The van der Waals surface area contributed by atoms with Crippen molar-refractivity contribution in [3.63, 3.8) is 0 Å². The van der Waals surface area contributed by atoms with Crippen molar-refractivity contribution in [2.24, 2.45) is 0 Å². The fourth-order valence-electron chi connectivity index (χ4n) is 3.17. The van der Waals surface area contributed by atoms with Crippen LogP contribution < -0.4 is 15.4 Å². The van der Waals surface area contributed by atoms with E-state index in [0.717, 1.165) is 32.0 Å². The van der Waals surface area contributed by atoms with Gasteiger partial charge in [-0.05, 0) is 55.3 Å². The molecule has 0 spiro atoms. The molecule has 0 atom stereocenters. The van der Waals surface area contributed by atoms with Crippen molar-refractivity contribution >= 4 is 29.1 Å². The summed E-state index contributed by atoms with van der Waals surface area (Å²) in [4.78, 5) is 38.7. The van der Waals surface area contributed by atoms with Gasteiger partial charge in [-0.2, -0.15) is 0 Å². The van der Waals surface area contributed by atoms with Crippen LogP contribution in [0, 0.1) is 0 Å². The van der Waals surface area contributed by atoms with E-state index in [0.29, 0.717) is 28.3 Å². The van der Waals surface area contributed by atoms with E-state index in [4.69, 9.17) is 4.74 Å². The van der Waals surface area contributed by atoms with E-state index in [-0.39, 0.29) is 17.7 Å². The predicted octanol–water partition coefficient (Wildman–Crippen LogP) is 3.31. The first-order valence-electron chi connectivity index (χ1n) is 9.34. The maximum absolute atomic E-state index is 12.7. The topological polar surface area (TPSA) is 87.7 Å². The Hall–Kier alpha value is -3.61. The summed E-state index contributed by atoms with van der Waals surface area (Å²) in [6, 6.07) is 11.5. The summed E-state index contributed by atoms with van der Waals surface area (Å²) in [7, 11) is 1.50. The highest BCUT2D eigenvalue weighted by molar-refractivity contribution is 6.07. The number of methoxy groups -OCH3 is 1. The summed E-state index contributed by atoms with van der Waals surface area (Å²) in [5.74, 6) is -0.358. The number of carbonyl (C=O) groups excluding carboxylic acids is 3. The second kappa shape index (κ2) is 9.05. The fraction of sp³-hybridized carbons (Fsp3) is 0.227. The number of hydrogen-bond donors (Lipinski definition) is 2. The molecule has 0 bridgehead atoms. The molecule has 0 saturated carbocycles. The normalized spacial score (nSPS) is 12.9. The molecule has 1 aliphatic rings. The number of benzene rings is 2. The zero-order chi connectivity index (χ0) is 20.8. The lowest BCUT2D eigenvalue weighted by atomic mass is 10.1. The van der Waals surface area contributed by atoms with E-state index in [1.54, 1.807) is 47.4 Å². The summed E-state index contributed by atoms with van der Waals surface area (Å²) in [5, 5.41) is 5.41. The van der Waals surface area contributed by atoms with Crippen LogP contribution in [-0.2, 0) is 4.79 Å². The zero-order valence-corrected chi connectivity index (χ0v) is 16.2. The molecule has 0 radical (unpaired) electrons. The number of carbonyl (C=O) groups is 3. The van der Waals surface area contributed by atoms with Gasteiger partial charge in [0.05, 0.1) is 12.8 Å². The third-order valence-electron chi connectivity index (χ3n) is 4.67. The summed E-state index contributed by atoms with van der Waals surface area (Å²) >= 11 is 0. The van der Waals surface area contributed by atoms with Crippen LogP contribution in [0.1, 0.15) is 33.6 Å². The van der Waals surface area contributed by atoms with Crippen LogP contribution in [0.5, 0.6) is 5.75 Å². The molecule has 150 valence electrons. The molecule has 0 unspecified atom stereocenters. The van der Waals surface area contributed by atoms with Crippen LogP contribution in [0.2, 0.25) is 0 Å². The van der Waals surface area contributed by atoms with Gasteiger partial charge in [0.25, 0.3) is 11.8 Å². The zero-order valence-electron chi connectivity index (χ0n) is 16.2. The third kappa shape index (κ3) is 4.82. The first-order chi connectivity index (χ1) is 14.0. The molecule has 2 N–H and O–H groups in total. The number of rotatable bonds is 6. The second-order valence-electron chi connectivity index (χ2n) is 6.64. The maximum atomic E-state index is 12.7. The Balaban J connectivity index is 1.81. The molecule has 7 heteroatoms. The molecule has 0 aromatic heterocycles. The van der Waals surface area contributed by atoms with Crippen LogP contribution in [-0.4, -0.2) is 42.8 Å². The van der Waals surface area contributed by atoms with Gasteiger partial charge in [-0.15, -0.1) is 0 Å². The van der Waals surface area contributed by atoms with Gasteiger partial charge >= 0.3 is 0 Å². The van der Waals surface area contributed by atoms with Gasteiger partial charge in [-0.3, -0.25) is 14.4 Å². The van der Waals surface area contributed by atoms with Crippen LogP contribution in [0.4, 0.5) is 11.4 Å². The molecule has 29 heavy (non-hydrogen) atoms. The highest BCUT2D eigenvalue weighted by Gasteiger charge is 2.21. The number of anilines is 2. The van der Waals surface area contributed by atoms with Crippen LogP contribution in [0.15, 0.2) is 55.1 Å². The quantitative estimate of drug-likeness (QED) is 0.737. The number of ether oxygens (including phenoxy) is 1. The third-order valence-corrected chi connectivity index (χ3v) is 4.67. The highest BCUT2D eigenvalue weighted by atomic mass is 16.5. The van der Waals surface area contributed by atoms with Gasteiger partial charge in [-0.25, -0.2) is 0 Å². The van der Waals surface area contributed by atoms with Crippen LogP contribution in [0.3, 0.4) is 0 Å². The number of nitrogens with one attached hydrogen (secondary N) is 2. The van der Waals surface area contributed by atoms with E-state index >= 15 is 0 Å². The van der Waals surface area contributed by atoms with E-state index in [2.05, 4.69) is 17.2 Å². The van der Waals surface area contributed by atoms with Gasteiger partial charge in [0.15, 0.2) is 0 Å². The Bertz CT molecular complexity index is 949. The Labute approximate surface area is 169 Å². The summed E-state index contributed by atoms with van der Waals surface area (Å²) < 4.78 is 5.33. The first-order valence-corrected chi connectivity index (χ1v) is 9.34. The molecule has 1 heterocycles. The standard InChI is InChI=1S/C22H23N3O4/c1-3-20(26)23-17-8-6-7-15(13-17)21(27)24-18-14-16(9-10-19(18)29-2)22(28)25-11-4-5-12-25/h3,6-10,13-14H,1,4-5,11-12H2,2H3,(H,23,26)(H,24,27). The van der Waals surface area contributed by atoms with E-state index in [1.807, 2.05) is 0 Å². The van der Waals surface area contributed by atoms with Crippen molar-refractivity contribution < 1.29 is 19.1 Å². The monoisotopic (exact) mass is 393 g/mol. The minimum absolute atomic E-state index is 0.0604. The SMILES string of the molecule is C=CC(=O)Nc1cccc(C(=O)Nc2cc(C(=O)N3CCCC3)ccc2OC)c1. The highest BCUT2D eigenvalue weighted by Crippen LogP contribution is 2.27. The summed E-state index contributed by atoms with van der Waals surface area (Å²) in [5.41, 5.74) is 1.73. The van der Waals surface area contributed by atoms with Crippen molar-refractivity contribution in [1.29, 1.82) is 0 Å². The van der Waals surface area contributed by atoms with Gasteiger partial charge in [0, 0.05) is 29.9 Å². The van der Waals surface area contributed by atoms with Gasteiger partial charge in [0.2, 0.25) is 5.91 Å². The number of amides is 3. The van der Waals surface area contributed by atoms with E-state index < -0.39 is 0 Å². The Morgan fingerprint density at radius 3 is 2.48 bits per heavy atom. The molecular weight excluding hydrogens is 370 g/mol. The molecule has 1 fully saturated rings. The smallest absolute Gasteiger partial charge is 0.255 e. The molecule has 2 aromatic carbocycles. The molecular formula is C22H23N3O4. The van der Waals surface area contributed by atoms with Gasteiger partial charge in [0.1, 0.15) is 5.75 Å². The van der Waals surface area contributed by atoms with E-state index in [9.17, 15) is 14.4 Å². The lowest BCUT2D eigenvalue weighted by Gasteiger charge is -2.17. The van der Waals surface area contributed by atoms with Crippen LogP contribution in [0.25, 0.3) is 0 Å². The lowest BCUT2D eigenvalue weighted by Crippen LogP contribution is -2.27. The van der Waals surface area contributed by atoms with Gasteiger partial charge < -0.3 is 20.3 Å². The summed E-state index contributed by atoms with van der Waals surface area (Å²) in [6.45, 7) is 4.90. The predicted molar refractivity (Wildman–Crippen MR) is 111 cm³/mol. The van der Waals surface area contributed by atoms with E-state index in [1.165, 1.54) is 7.11 Å². The Morgan fingerprint density at radius 2 is 1.79 bits per heavy atom. The van der Waals surface area contributed by atoms with Crippen LogP contribution >= 0.6 is 0 Å². The summed E-state index contributed by atoms with van der Waals surface area (Å²) in [6.07, 6.45) is 3.16. The molecule has 3 rings (SSSR count). The largest absolute Gasteiger partial charge is 0.495 e. The molecule has 2 aromatic rings. The maximum Gasteiger partial charge on any atom is 0.255 e. The molecule has 3 amide bonds. The Kier molecular flexibility index (Phi) is 6.29. The molecule has 1 aliphatic heterocycles. The van der Waals surface area contributed by atoms with Crippen molar-refractivity contribution in [2.45, 2.75) is 12.8 Å². The number of nitrogens with zero attached hydrogens (tertiary/aromatic N) is 1. The minimum Gasteiger partial charge on any atom is -0.495 e. The second-order valence-corrected chi connectivity index (χ2v) is 6.64. The molecule has 7 nitrogen and oxygen atoms in total. The molecule has 1 saturated heterocycles. The lowest BCUT2D eigenvalue weighted by molar-refractivity contribution is -0.111. The fourth-order valence-corrected chi connectivity index (χ4v) is 3.17. The first kappa shape index (κ1) is 20.1. The van der Waals surface area contributed by atoms with Crippen molar-refractivity contribution in [3.8, 4) is 5.75 Å². The number of likely N-dealkylation sites (tertiary alicyclic amines) is 1. The average Bonchev–Trinajstić information content (AvgIpc) is 3.28. The molecule has 0 aliphatic carbocycles. The van der Waals surface area contributed by atoms with Crippen molar-refractivity contribution in [3.05, 3.63) is 66.2 Å². The number of hydrogen-bond acceptors (Lipinski definition) is 4. The van der Waals surface area contributed by atoms with Gasteiger partial charge in [-0.1, -0.05) is 12.6 Å². The Morgan fingerprint density at radius 1 is 1.03 bits per heavy atom.